The summed E-state index contributed by atoms with van der Waals surface area (Å²) in [6.45, 7) is 3.44. The van der Waals surface area contributed by atoms with Crippen molar-refractivity contribution in [1.82, 2.24) is 4.90 Å². The van der Waals surface area contributed by atoms with Crippen molar-refractivity contribution in [2.45, 2.75) is 18.6 Å². The minimum atomic E-state index is -1.01. The molecule has 1 amide bonds. The Kier molecular flexibility index (Phi) is 3.84. The second-order valence-corrected chi connectivity index (χ2v) is 4.76. The molecule has 0 aromatic heterocycles. The van der Waals surface area contributed by atoms with Crippen LogP contribution in [0.4, 0.5) is 0 Å². The Labute approximate surface area is 105 Å². The van der Waals surface area contributed by atoms with E-state index in [0.29, 0.717) is 26.3 Å². The van der Waals surface area contributed by atoms with E-state index in [2.05, 4.69) is 0 Å². The van der Waals surface area contributed by atoms with Crippen molar-refractivity contribution in [3.05, 3.63) is 0 Å². The standard InChI is InChI=1S/C11H17NO6/c1-11(18-5-9(13)14)6-12(7-11)10(15)8-4-16-2-3-17-8/h8H,2-7H2,1H3,(H,13,14). The van der Waals surface area contributed by atoms with Gasteiger partial charge in [0, 0.05) is 0 Å². The molecule has 2 aliphatic rings. The maximum absolute atomic E-state index is 12.0. The number of likely N-dealkylation sites (tertiary alicyclic amines) is 1. The van der Waals surface area contributed by atoms with E-state index in [9.17, 15) is 9.59 Å². The van der Waals surface area contributed by atoms with E-state index in [1.165, 1.54) is 0 Å². The number of amides is 1. The average molecular weight is 259 g/mol. The molecule has 0 saturated carbocycles. The second kappa shape index (κ2) is 5.21. The molecule has 2 rings (SSSR count). The molecule has 7 heteroatoms. The molecule has 102 valence electrons. The van der Waals surface area contributed by atoms with Crippen LogP contribution in [0.3, 0.4) is 0 Å². The molecular weight excluding hydrogens is 242 g/mol. The van der Waals surface area contributed by atoms with Gasteiger partial charge in [0.1, 0.15) is 12.2 Å². The third-order valence-electron chi connectivity index (χ3n) is 3.00. The first kappa shape index (κ1) is 13.3. The molecule has 18 heavy (non-hydrogen) atoms. The first-order chi connectivity index (χ1) is 8.50. The number of carbonyl (C=O) groups excluding carboxylic acids is 1. The lowest BCUT2D eigenvalue weighted by atomic mass is 9.95. The van der Waals surface area contributed by atoms with E-state index in [-0.39, 0.29) is 19.1 Å². The van der Waals surface area contributed by atoms with E-state index >= 15 is 0 Å². The highest BCUT2D eigenvalue weighted by molar-refractivity contribution is 5.82. The van der Waals surface area contributed by atoms with Gasteiger partial charge in [-0.2, -0.15) is 0 Å². The van der Waals surface area contributed by atoms with Crippen molar-refractivity contribution >= 4 is 11.9 Å². The summed E-state index contributed by atoms with van der Waals surface area (Å²) in [6, 6.07) is 0. The summed E-state index contributed by atoms with van der Waals surface area (Å²) in [5, 5.41) is 8.53. The van der Waals surface area contributed by atoms with Gasteiger partial charge in [0.2, 0.25) is 0 Å². The smallest absolute Gasteiger partial charge is 0.329 e. The Hall–Kier alpha value is -1.18. The molecule has 0 aliphatic carbocycles. The summed E-state index contributed by atoms with van der Waals surface area (Å²) in [6.07, 6.45) is -0.539. The van der Waals surface area contributed by atoms with Gasteiger partial charge in [-0.3, -0.25) is 4.79 Å². The SMILES string of the molecule is CC1(OCC(=O)O)CN(C(=O)C2COCCO2)C1. The van der Waals surface area contributed by atoms with Gasteiger partial charge in [0.05, 0.1) is 32.9 Å². The predicted molar refractivity (Wildman–Crippen MR) is 59.1 cm³/mol. The molecule has 2 heterocycles. The minimum Gasteiger partial charge on any atom is -0.480 e. The van der Waals surface area contributed by atoms with Crippen LogP contribution in [0.5, 0.6) is 0 Å². The maximum Gasteiger partial charge on any atom is 0.329 e. The lowest BCUT2D eigenvalue weighted by Gasteiger charge is -2.48. The third kappa shape index (κ3) is 2.98. The van der Waals surface area contributed by atoms with Crippen molar-refractivity contribution in [3.63, 3.8) is 0 Å². The molecule has 2 saturated heterocycles. The fraction of sp³-hybridized carbons (Fsp3) is 0.818. The molecule has 7 nitrogen and oxygen atoms in total. The Balaban J connectivity index is 1.77. The van der Waals surface area contributed by atoms with E-state index < -0.39 is 17.7 Å². The van der Waals surface area contributed by atoms with Gasteiger partial charge in [-0.1, -0.05) is 0 Å². The second-order valence-electron chi connectivity index (χ2n) is 4.76. The van der Waals surface area contributed by atoms with Crippen molar-refractivity contribution in [1.29, 1.82) is 0 Å². The monoisotopic (exact) mass is 259 g/mol. The summed E-state index contributed by atoms with van der Waals surface area (Å²) >= 11 is 0. The Morgan fingerprint density at radius 3 is 2.72 bits per heavy atom. The minimum absolute atomic E-state index is 0.119. The molecule has 0 bridgehead atoms. The topological polar surface area (TPSA) is 85.3 Å². The number of rotatable bonds is 4. The predicted octanol–water partition coefficient (Wildman–Crippen LogP) is -0.896. The highest BCUT2D eigenvalue weighted by Gasteiger charge is 2.44. The Bertz CT molecular complexity index is 332. The molecule has 1 N–H and O–H groups in total. The highest BCUT2D eigenvalue weighted by Crippen LogP contribution is 2.25. The number of aliphatic carboxylic acids is 1. The van der Waals surface area contributed by atoms with Crippen LogP contribution < -0.4 is 0 Å². The van der Waals surface area contributed by atoms with E-state index in [0.717, 1.165) is 0 Å². The first-order valence-corrected chi connectivity index (χ1v) is 5.84. The van der Waals surface area contributed by atoms with Gasteiger partial charge < -0.3 is 24.2 Å². The number of nitrogens with zero attached hydrogens (tertiary/aromatic N) is 1. The number of carboxylic acids is 1. The van der Waals surface area contributed by atoms with Crippen LogP contribution in [0.1, 0.15) is 6.92 Å². The summed E-state index contributed by atoms with van der Waals surface area (Å²) < 4.78 is 15.7. The molecule has 0 spiro atoms. The number of carbonyl (C=O) groups is 2. The molecule has 0 radical (unpaired) electrons. The molecular formula is C11H17NO6. The van der Waals surface area contributed by atoms with Crippen molar-refractivity contribution in [3.8, 4) is 0 Å². The summed E-state index contributed by atoms with van der Waals surface area (Å²) in [5.41, 5.74) is -0.566. The zero-order chi connectivity index (χ0) is 13.2. The zero-order valence-corrected chi connectivity index (χ0v) is 10.3. The van der Waals surface area contributed by atoms with Crippen LogP contribution in [0.15, 0.2) is 0 Å². The molecule has 0 aromatic rings. The van der Waals surface area contributed by atoms with Gasteiger partial charge in [-0.25, -0.2) is 4.79 Å². The van der Waals surface area contributed by atoms with Crippen LogP contribution in [-0.2, 0) is 23.8 Å². The van der Waals surface area contributed by atoms with Crippen LogP contribution in [0.2, 0.25) is 0 Å². The first-order valence-electron chi connectivity index (χ1n) is 5.84. The van der Waals surface area contributed by atoms with E-state index in [1.54, 1.807) is 11.8 Å². The molecule has 1 unspecified atom stereocenters. The fourth-order valence-electron chi connectivity index (χ4n) is 2.08. The maximum atomic E-state index is 12.0. The molecule has 2 fully saturated rings. The normalized spacial score (nSPS) is 26.5. The quantitative estimate of drug-likeness (QED) is 0.704. The van der Waals surface area contributed by atoms with Crippen molar-refractivity contribution in [2.75, 3.05) is 39.5 Å². The zero-order valence-electron chi connectivity index (χ0n) is 10.3. The Morgan fingerprint density at radius 1 is 1.44 bits per heavy atom. The van der Waals surface area contributed by atoms with E-state index in [4.69, 9.17) is 19.3 Å². The molecule has 0 aromatic carbocycles. The molecule has 2 aliphatic heterocycles. The van der Waals surface area contributed by atoms with Crippen LogP contribution in [-0.4, -0.2) is 73.1 Å². The van der Waals surface area contributed by atoms with Gasteiger partial charge in [0.25, 0.3) is 5.91 Å². The van der Waals surface area contributed by atoms with E-state index in [1.807, 2.05) is 0 Å². The van der Waals surface area contributed by atoms with Crippen LogP contribution in [0.25, 0.3) is 0 Å². The number of ether oxygens (including phenoxy) is 3. The fourth-order valence-corrected chi connectivity index (χ4v) is 2.08. The summed E-state index contributed by atoms with van der Waals surface area (Å²) in [4.78, 5) is 24.0. The highest BCUT2D eigenvalue weighted by atomic mass is 16.6. The van der Waals surface area contributed by atoms with Gasteiger partial charge in [-0.05, 0) is 6.92 Å². The van der Waals surface area contributed by atoms with Gasteiger partial charge >= 0.3 is 5.97 Å². The number of carboxylic acid groups (broad SMARTS) is 1. The number of hydrogen-bond acceptors (Lipinski definition) is 5. The lowest BCUT2D eigenvalue weighted by Crippen LogP contribution is -2.65. The van der Waals surface area contributed by atoms with Crippen molar-refractivity contribution < 1.29 is 28.9 Å². The number of hydrogen-bond donors (Lipinski definition) is 1. The lowest BCUT2D eigenvalue weighted by molar-refractivity contribution is -0.186. The molecule has 1 atom stereocenters. The van der Waals surface area contributed by atoms with Gasteiger partial charge in [0.15, 0.2) is 6.10 Å². The van der Waals surface area contributed by atoms with Crippen molar-refractivity contribution in [2.24, 2.45) is 0 Å². The average Bonchev–Trinajstić information content (AvgIpc) is 2.33. The summed E-state index contributed by atoms with van der Waals surface area (Å²) in [5.74, 6) is -1.13. The van der Waals surface area contributed by atoms with Gasteiger partial charge in [-0.15, -0.1) is 0 Å². The van der Waals surface area contributed by atoms with Crippen LogP contribution in [0, 0.1) is 0 Å². The summed E-state index contributed by atoms with van der Waals surface area (Å²) in [7, 11) is 0. The van der Waals surface area contributed by atoms with Crippen LogP contribution >= 0.6 is 0 Å². The third-order valence-corrected chi connectivity index (χ3v) is 3.00. The largest absolute Gasteiger partial charge is 0.480 e. The Morgan fingerprint density at radius 2 is 2.17 bits per heavy atom.